The Labute approximate surface area is 212 Å². The summed E-state index contributed by atoms with van der Waals surface area (Å²) in [5.74, 6) is 2.07. The number of rotatable bonds is 9. The molecular weight excluding hydrogens is 510 g/mol. The zero-order chi connectivity index (χ0) is 23.9. The van der Waals surface area contributed by atoms with Gasteiger partial charge >= 0.3 is 0 Å². The first-order chi connectivity index (χ1) is 16.5. The van der Waals surface area contributed by atoms with Crippen molar-refractivity contribution in [3.05, 3.63) is 98.5 Å². The van der Waals surface area contributed by atoms with Crippen LogP contribution in [0.5, 0.6) is 5.75 Å². The summed E-state index contributed by atoms with van der Waals surface area (Å²) < 4.78 is 7.04. The summed E-state index contributed by atoms with van der Waals surface area (Å²) in [4.78, 5) is 4.48. The van der Waals surface area contributed by atoms with E-state index >= 15 is 0 Å². The number of anilines is 1. The van der Waals surface area contributed by atoms with Crippen LogP contribution < -0.4 is 10.2 Å². The van der Waals surface area contributed by atoms with Crippen LogP contribution in [0, 0.1) is 20.8 Å². The highest BCUT2D eigenvalue weighted by molar-refractivity contribution is 9.10. The molecule has 3 aromatic carbocycles. The number of aromatic amines is 1. The molecular formula is C26H26BrN5OS. The van der Waals surface area contributed by atoms with Crippen molar-refractivity contribution in [2.75, 3.05) is 5.43 Å². The van der Waals surface area contributed by atoms with Gasteiger partial charge in [0.2, 0.25) is 11.1 Å². The highest BCUT2D eigenvalue weighted by atomic mass is 79.9. The average molecular weight is 536 g/mol. The monoisotopic (exact) mass is 535 g/mol. The van der Waals surface area contributed by atoms with Crippen molar-refractivity contribution in [3.8, 4) is 5.75 Å². The van der Waals surface area contributed by atoms with Crippen molar-refractivity contribution < 1.29 is 4.74 Å². The van der Waals surface area contributed by atoms with E-state index in [2.05, 4.69) is 74.5 Å². The third-order valence-corrected chi connectivity index (χ3v) is 6.59. The molecule has 0 spiro atoms. The van der Waals surface area contributed by atoms with Crippen LogP contribution in [0.4, 0.5) is 5.95 Å². The van der Waals surface area contributed by atoms with Crippen molar-refractivity contribution in [2.45, 2.75) is 38.3 Å². The van der Waals surface area contributed by atoms with Crippen LogP contribution in [0.1, 0.15) is 33.4 Å². The molecule has 0 saturated heterocycles. The van der Waals surface area contributed by atoms with Gasteiger partial charge in [-0.15, -0.1) is 5.10 Å². The van der Waals surface area contributed by atoms with Crippen molar-refractivity contribution in [2.24, 2.45) is 5.10 Å². The predicted octanol–water partition coefficient (Wildman–Crippen LogP) is 6.81. The standard InChI is InChI=1S/C26H26BrN5OS/c1-17-11-18(2)23(19(3)12-17)16-34-26-29-25(31-32-26)30-28-14-21-8-4-5-10-24(21)33-15-20-7-6-9-22(27)13-20/h4-14H,15-16H2,1-3H3,(H2,29,30,31,32)/b28-14-. The van der Waals surface area contributed by atoms with E-state index in [1.54, 1.807) is 18.0 Å². The molecule has 0 atom stereocenters. The highest BCUT2D eigenvalue weighted by Gasteiger charge is 2.08. The smallest absolute Gasteiger partial charge is 0.240 e. The molecule has 0 fully saturated rings. The van der Waals surface area contributed by atoms with E-state index < -0.39 is 0 Å². The summed E-state index contributed by atoms with van der Waals surface area (Å²) in [5, 5.41) is 12.2. The van der Waals surface area contributed by atoms with Crippen molar-refractivity contribution in [1.82, 2.24) is 15.2 Å². The Bertz CT molecular complexity index is 1280. The minimum atomic E-state index is 0.473. The van der Waals surface area contributed by atoms with Crippen LogP contribution in [0.3, 0.4) is 0 Å². The lowest BCUT2D eigenvalue weighted by Crippen LogP contribution is -1.99. The van der Waals surface area contributed by atoms with Gasteiger partial charge in [-0.1, -0.05) is 69.7 Å². The topological polar surface area (TPSA) is 75.2 Å². The van der Waals surface area contributed by atoms with Gasteiger partial charge in [0.1, 0.15) is 12.4 Å². The van der Waals surface area contributed by atoms with Crippen LogP contribution in [-0.2, 0) is 12.4 Å². The minimum absolute atomic E-state index is 0.473. The van der Waals surface area contributed by atoms with Gasteiger partial charge in [0.05, 0.1) is 6.21 Å². The average Bonchev–Trinajstić information content (AvgIpc) is 3.25. The van der Waals surface area contributed by atoms with Gasteiger partial charge < -0.3 is 4.74 Å². The summed E-state index contributed by atoms with van der Waals surface area (Å²) >= 11 is 5.09. The number of halogens is 1. The molecule has 1 heterocycles. The van der Waals surface area contributed by atoms with E-state index in [0.29, 0.717) is 17.7 Å². The number of benzene rings is 3. The van der Waals surface area contributed by atoms with E-state index in [0.717, 1.165) is 27.1 Å². The fourth-order valence-electron chi connectivity index (χ4n) is 3.60. The largest absolute Gasteiger partial charge is 0.488 e. The Hall–Kier alpha value is -3.10. The van der Waals surface area contributed by atoms with Crippen molar-refractivity contribution in [3.63, 3.8) is 0 Å². The molecule has 0 bridgehead atoms. The highest BCUT2D eigenvalue weighted by Crippen LogP contribution is 2.25. The number of hydrazone groups is 1. The third kappa shape index (κ3) is 6.48. The van der Waals surface area contributed by atoms with Crippen molar-refractivity contribution >= 4 is 39.9 Å². The second kappa shape index (κ2) is 11.4. The Kier molecular flexibility index (Phi) is 8.03. The molecule has 0 radical (unpaired) electrons. The number of nitrogens with zero attached hydrogens (tertiary/aromatic N) is 3. The first-order valence-electron chi connectivity index (χ1n) is 10.9. The number of hydrogen-bond donors (Lipinski definition) is 2. The zero-order valence-electron chi connectivity index (χ0n) is 19.3. The summed E-state index contributed by atoms with van der Waals surface area (Å²) in [6.45, 7) is 6.89. The summed E-state index contributed by atoms with van der Waals surface area (Å²) in [5.41, 5.74) is 10.1. The maximum absolute atomic E-state index is 6.01. The molecule has 0 aliphatic heterocycles. The number of para-hydroxylation sites is 1. The van der Waals surface area contributed by atoms with Gasteiger partial charge in [-0.25, -0.2) is 10.5 Å². The lowest BCUT2D eigenvalue weighted by molar-refractivity contribution is 0.305. The fourth-order valence-corrected chi connectivity index (χ4v) is 5.05. The van der Waals surface area contributed by atoms with Gasteiger partial charge in [0.15, 0.2) is 0 Å². The quantitative estimate of drug-likeness (QED) is 0.140. The Balaban J connectivity index is 1.34. The van der Waals surface area contributed by atoms with E-state index in [1.165, 1.54) is 22.3 Å². The molecule has 34 heavy (non-hydrogen) atoms. The summed E-state index contributed by atoms with van der Waals surface area (Å²) in [7, 11) is 0. The van der Waals surface area contributed by atoms with Crippen LogP contribution >= 0.6 is 27.7 Å². The van der Waals surface area contributed by atoms with E-state index in [-0.39, 0.29) is 0 Å². The molecule has 174 valence electrons. The van der Waals surface area contributed by atoms with Crippen LogP contribution in [0.25, 0.3) is 0 Å². The summed E-state index contributed by atoms with van der Waals surface area (Å²) in [6, 6.07) is 20.3. The lowest BCUT2D eigenvalue weighted by Gasteiger charge is -2.09. The first kappa shape index (κ1) is 24.0. The van der Waals surface area contributed by atoms with Crippen LogP contribution in [0.2, 0.25) is 0 Å². The molecule has 6 nitrogen and oxygen atoms in total. The fraction of sp³-hybridized carbons (Fsp3) is 0.192. The van der Waals surface area contributed by atoms with Crippen LogP contribution in [0.15, 0.2) is 75.4 Å². The van der Waals surface area contributed by atoms with Gasteiger partial charge in [-0.05, 0) is 67.3 Å². The molecule has 0 aliphatic rings. The van der Waals surface area contributed by atoms with Gasteiger partial charge in [0, 0.05) is 15.8 Å². The molecule has 2 N–H and O–H groups in total. The van der Waals surface area contributed by atoms with E-state index in [1.807, 2.05) is 48.5 Å². The molecule has 0 aliphatic carbocycles. The second-order valence-electron chi connectivity index (χ2n) is 7.96. The number of aromatic nitrogens is 3. The molecule has 0 amide bonds. The number of aryl methyl sites for hydroxylation is 3. The lowest BCUT2D eigenvalue weighted by atomic mass is 10.0. The third-order valence-electron chi connectivity index (χ3n) is 5.23. The van der Waals surface area contributed by atoms with Gasteiger partial charge in [-0.2, -0.15) is 10.1 Å². The number of H-pyrrole nitrogens is 1. The Morgan fingerprint density at radius 1 is 1.06 bits per heavy atom. The zero-order valence-corrected chi connectivity index (χ0v) is 21.7. The number of ether oxygens (including phenoxy) is 1. The molecule has 0 saturated carbocycles. The first-order valence-corrected chi connectivity index (χ1v) is 12.6. The molecule has 0 unspecified atom stereocenters. The normalized spacial score (nSPS) is 11.2. The maximum atomic E-state index is 6.01. The van der Waals surface area contributed by atoms with Crippen molar-refractivity contribution in [1.29, 1.82) is 0 Å². The van der Waals surface area contributed by atoms with E-state index in [4.69, 9.17) is 4.74 Å². The molecule has 4 rings (SSSR count). The Morgan fingerprint density at radius 3 is 2.65 bits per heavy atom. The van der Waals surface area contributed by atoms with Gasteiger partial charge in [0.25, 0.3) is 0 Å². The predicted molar refractivity (Wildman–Crippen MR) is 143 cm³/mol. The number of nitrogens with one attached hydrogen (secondary N) is 2. The van der Waals surface area contributed by atoms with Gasteiger partial charge in [-0.3, -0.25) is 0 Å². The minimum Gasteiger partial charge on any atom is -0.488 e. The number of thioether (sulfide) groups is 1. The molecule has 8 heteroatoms. The second-order valence-corrected chi connectivity index (χ2v) is 9.82. The van der Waals surface area contributed by atoms with Crippen LogP contribution in [-0.4, -0.2) is 21.4 Å². The number of hydrogen-bond acceptors (Lipinski definition) is 6. The Morgan fingerprint density at radius 2 is 1.85 bits per heavy atom. The SMILES string of the molecule is Cc1cc(C)c(CSc2n[nH]c(N/N=C\c3ccccc3OCc3cccc(Br)c3)n2)c(C)c1. The summed E-state index contributed by atoms with van der Waals surface area (Å²) in [6.07, 6.45) is 1.71. The molecule has 1 aromatic heterocycles. The van der Waals surface area contributed by atoms with E-state index in [9.17, 15) is 0 Å². The maximum Gasteiger partial charge on any atom is 0.240 e. The molecule has 4 aromatic rings.